The molecule has 4 nitrogen and oxygen atoms in total. The van der Waals surface area contributed by atoms with Crippen LogP contribution in [0.3, 0.4) is 0 Å². The van der Waals surface area contributed by atoms with Crippen molar-refractivity contribution in [2.24, 2.45) is 11.8 Å². The van der Waals surface area contributed by atoms with Gasteiger partial charge in [0.2, 0.25) is 5.89 Å². The van der Waals surface area contributed by atoms with Crippen molar-refractivity contribution in [1.82, 2.24) is 15.0 Å². The number of halogens is 2. The van der Waals surface area contributed by atoms with Crippen LogP contribution in [-0.2, 0) is 12.8 Å². The molecule has 1 heterocycles. The molecule has 0 saturated heterocycles. The van der Waals surface area contributed by atoms with Crippen molar-refractivity contribution in [3.8, 4) is 0 Å². The molecule has 0 N–H and O–H groups in total. The number of benzene rings is 2. The summed E-state index contributed by atoms with van der Waals surface area (Å²) in [5.41, 5.74) is 2.20. The lowest BCUT2D eigenvalue weighted by Gasteiger charge is -2.37. The van der Waals surface area contributed by atoms with Gasteiger partial charge in [0, 0.05) is 23.9 Å². The Morgan fingerprint density at radius 2 is 1.84 bits per heavy atom. The second-order valence-corrected chi connectivity index (χ2v) is 9.63. The molecule has 0 radical (unpaired) electrons. The maximum absolute atomic E-state index is 13.8. The highest BCUT2D eigenvalue weighted by atomic mass is 35.5. The van der Waals surface area contributed by atoms with Crippen LogP contribution in [-0.4, -0.2) is 29.1 Å². The van der Waals surface area contributed by atoms with Gasteiger partial charge in [0.25, 0.3) is 0 Å². The van der Waals surface area contributed by atoms with Gasteiger partial charge in [-0.15, -0.1) is 0 Å². The number of rotatable bonds is 8. The monoisotopic (exact) mass is 455 g/mol. The van der Waals surface area contributed by atoms with Gasteiger partial charge in [-0.2, -0.15) is 4.98 Å². The van der Waals surface area contributed by atoms with Gasteiger partial charge in [-0.3, -0.25) is 0 Å². The highest BCUT2D eigenvalue weighted by Crippen LogP contribution is 2.40. The fourth-order valence-corrected chi connectivity index (χ4v) is 5.18. The molecule has 0 aliphatic heterocycles. The molecule has 1 saturated carbocycles. The van der Waals surface area contributed by atoms with E-state index in [1.54, 1.807) is 6.07 Å². The SMILES string of the molecule is CN(C)C(c1cccc(F)c1)C1CCC(CCc2nc(Cc3ccc(Cl)cc3)no2)CC1. The Morgan fingerprint density at radius 1 is 1.09 bits per heavy atom. The summed E-state index contributed by atoms with van der Waals surface area (Å²) in [6, 6.07) is 15.1. The second-order valence-electron chi connectivity index (χ2n) is 9.19. The molecular weight excluding hydrogens is 425 g/mol. The summed E-state index contributed by atoms with van der Waals surface area (Å²) >= 11 is 5.95. The lowest BCUT2D eigenvalue weighted by molar-refractivity contribution is 0.145. The Balaban J connectivity index is 1.27. The van der Waals surface area contributed by atoms with Crippen LogP contribution in [0, 0.1) is 17.7 Å². The average Bonchev–Trinajstić information content (AvgIpc) is 3.22. The highest BCUT2D eigenvalue weighted by molar-refractivity contribution is 6.30. The van der Waals surface area contributed by atoms with E-state index >= 15 is 0 Å². The first kappa shape index (κ1) is 22.9. The third-order valence-electron chi connectivity index (χ3n) is 6.64. The Morgan fingerprint density at radius 3 is 2.53 bits per heavy atom. The number of hydrogen-bond acceptors (Lipinski definition) is 4. The number of aromatic nitrogens is 2. The van der Waals surface area contributed by atoms with E-state index in [-0.39, 0.29) is 11.9 Å². The number of aryl methyl sites for hydroxylation is 1. The maximum atomic E-state index is 13.8. The van der Waals surface area contributed by atoms with Gasteiger partial charge in [-0.05, 0) is 80.6 Å². The van der Waals surface area contributed by atoms with E-state index in [0.29, 0.717) is 18.3 Å². The molecule has 3 aromatic rings. The van der Waals surface area contributed by atoms with Gasteiger partial charge in [0.1, 0.15) is 5.82 Å². The standard InChI is InChI=1S/C26H31ClFN3O/c1-31(2)26(21-4-3-5-23(28)17-21)20-11-6-18(7-12-20)10-15-25-29-24(30-32-25)16-19-8-13-22(27)14-9-19/h3-5,8-9,13-14,17-18,20,26H,6-7,10-12,15-16H2,1-2H3. The molecule has 0 amide bonds. The largest absolute Gasteiger partial charge is 0.339 e. The van der Waals surface area contributed by atoms with Crippen molar-refractivity contribution in [2.75, 3.05) is 14.1 Å². The first-order chi connectivity index (χ1) is 15.5. The topological polar surface area (TPSA) is 42.2 Å². The Bertz CT molecular complexity index is 996. The minimum atomic E-state index is -0.155. The predicted molar refractivity (Wildman–Crippen MR) is 125 cm³/mol. The van der Waals surface area contributed by atoms with E-state index in [1.165, 1.54) is 18.9 Å². The summed E-state index contributed by atoms with van der Waals surface area (Å²) in [5, 5.41) is 4.86. The third-order valence-corrected chi connectivity index (χ3v) is 6.89. The molecule has 0 bridgehead atoms. The summed E-state index contributed by atoms with van der Waals surface area (Å²) in [6.07, 6.45) is 7.25. The van der Waals surface area contributed by atoms with Crippen molar-refractivity contribution >= 4 is 11.6 Å². The molecule has 1 aromatic heterocycles. The summed E-state index contributed by atoms with van der Waals surface area (Å²) < 4.78 is 19.3. The fourth-order valence-electron chi connectivity index (χ4n) is 5.05. The van der Waals surface area contributed by atoms with Crippen molar-refractivity contribution < 1.29 is 8.91 Å². The molecule has 1 aliphatic carbocycles. The second kappa shape index (κ2) is 10.6. The van der Waals surface area contributed by atoms with Crippen LogP contribution in [0.25, 0.3) is 0 Å². The van der Waals surface area contributed by atoms with E-state index in [9.17, 15) is 4.39 Å². The average molecular weight is 456 g/mol. The van der Waals surface area contributed by atoms with Crippen LogP contribution < -0.4 is 0 Å². The molecule has 32 heavy (non-hydrogen) atoms. The minimum absolute atomic E-state index is 0.155. The van der Waals surface area contributed by atoms with Crippen LogP contribution in [0.4, 0.5) is 4.39 Å². The molecule has 2 aromatic carbocycles. The van der Waals surface area contributed by atoms with Gasteiger partial charge in [-0.1, -0.05) is 53.9 Å². The van der Waals surface area contributed by atoms with Crippen LogP contribution in [0.5, 0.6) is 0 Å². The van der Waals surface area contributed by atoms with Crippen LogP contribution in [0.1, 0.15) is 61.0 Å². The van der Waals surface area contributed by atoms with Gasteiger partial charge < -0.3 is 9.42 Å². The van der Waals surface area contributed by atoms with E-state index in [1.807, 2.05) is 30.3 Å². The van der Waals surface area contributed by atoms with Crippen molar-refractivity contribution in [1.29, 1.82) is 0 Å². The van der Waals surface area contributed by atoms with Crippen LogP contribution >= 0.6 is 11.6 Å². The molecule has 170 valence electrons. The molecule has 1 aliphatic rings. The van der Waals surface area contributed by atoms with Gasteiger partial charge in [0.15, 0.2) is 5.82 Å². The lowest BCUT2D eigenvalue weighted by Crippen LogP contribution is -2.30. The molecule has 1 unspecified atom stereocenters. The summed E-state index contributed by atoms with van der Waals surface area (Å²) in [7, 11) is 4.19. The Kier molecular flexibility index (Phi) is 7.59. The van der Waals surface area contributed by atoms with Crippen molar-refractivity contribution in [3.63, 3.8) is 0 Å². The third kappa shape index (κ3) is 5.96. The molecule has 4 rings (SSSR count). The molecular formula is C26H31ClFN3O. The first-order valence-electron chi connectivity index (χ1n) is 11.5. The molecule has 6 heteroatoms. The minimum Gasteiger partial charge on any atom is -0.339 e. The maximum Gasteiger partial charge on any atom is 0.226 e. The zero-order chi connectivity index (χ0) is 22.5. The molecule has 1 atom stereocenters. The highest BCUT2D eigenvalue weighted by Gasteiger charge is 2.30. The van der Waals surface area contributed by atoms with Crippen LogP contribution in [0.2, 0.25) is 5.02 Å². The summed E-state index contributed by atoms with van der Waals surface area (Å²) in [6.45, 7) is 0. The van der Waals surface area contributed by atoms with Gasteiger partial charge in [-0.25, -0.2) is 4.39 Å². The van der Waals surface area contributed by atoms with Gasteiger partial charge in [0.05, 0.1) is 0 Å². The summed E-state index contributed by atoms with van der Waals surface area (Å²) in [4.78, 5) is 6.81. The lowest BCUT2D eigenvalue weighted by atomic mass is 9.75. The normalized spacial score (nSPS) is 19.9. The van der Waals surface area contributed by atoms with E-state index < -0.39 is 0 Å². The van der Waals surface area contributed by atoms with E-state index in [0.717, 1.165) is 53.5 Å². The van der Waals surface area contributed by atoms with Crippen molar-refractivity contribution in [3.05, 3.63) is 82.2 Å². The molecule has 0 spiro atoms. The van der Waals surface area contributed by atoms with Gasteiger partial charge >= 0.3 is 0 Å². The summed E-state index contributed by atoms with van der Waals surface area (Å²) in [5.74, 6) is 2.51. The Hall–Kier alpha value is -2.24. The van der Waals surface area contributed by atoms with Crippen molar-refractivity contribution in [2.45, 2.75) is 51.0 Å². The smallest absolute Gasteiger partial charge is 0.226 e. The van der Waals surface area contributed by atoms with E-state index in [4.69, 9.17) is 16.1 Å². The van der Waals surface area contributed by atoms with E-state index in [2.05, 4.69) is 35.2 Å². The molecule has 1 fully saturated rings. The zero-order valence-electron chi connectivity index (χ0n) is 18.8. The zero-order valence-corrected chi connectivity index (χ0v) is 19.6. The number of nitrogens with zero attached hydrogens (tertiary/aromatic N) is 3. The Labute approximate surface area is 194 Å². The number of hydrogen-bond donors (Lipinski definition) is 0. The first-order valence-corrected chi connectivity index (χ1v) is 11.8. The fraction of sp³-hybridized carbons (Fsp3) is 0.462. The van der Waals surface area contributed by atoms with Crippen LogP contribution in [0.15, 0.2) is 53.1 Å². The quantitative estimate of drug-likeness (QED) is 0.389. The predicted octanol–water partition coefficient (Wildman–Crippen LogP) is 6.49.